The molecule has 2 N–H and O–H groups in total. The van der Waals surface area contributed by atoms with Gasteiger partial charge in [-0.2, -0.15) is 0 Å². The number of aromatic nitrogens is 1. The van der Waals surface area contributed by atoms with Crippen molar-refractivity contribution in [1.82, 2.24) is 9.88 Å². The van der Waals surface area contributed by atoms with Crippen LogP contribution in [0.2, 0.25) is 0 Å². The van der Waals surface area contributed by atoms with Gasteiger partial charge in [0, 0.05) is 38.0 Å². The first-order valence-electron chi connectivity index (χ1n) is 7.34. The molecular weight excluding hydrogens is 254 g/mol. The number of ether oxygens (including phenoxy) is 2. The van der Waals surface area contributed by atoms with Crippen LogP contribution in [0.25, 0.3) is 0 Å². The van der Waals surface area contributed by atoms with Crippen molar-refractivity contribution >= 4 is 0 Å². The summed E-state index contributed by atoms with van der Waals surface area (Å²) in [5.41, 5.74) is 7.13. The molecule has 0 amide bonds. The Morgan fingerprint density at radius 3 is 2.95 bits per heavy atom. The van der Waals surface area contributed by atoms with E-state index >= 15 is 0 Å². The maximum absolute atomic E-state index is 5.98. The van der Waals surface area contributed by atoms with Gasteiger partial charge in [0.1, 0.15) is 0 Å². The van der Waals surface area contributed by atoms with E-state index in [0.717, 1.165) is 38.1 Å². The third-order valence-electron chi connectivity index (χ3n) is 3.83. The minimum atomic E-state index is 0.205. The number of likely N-dealkylation sites (tertiary alicyclic amines) is 1. The first-order chi connectivity index (χ1) is 9.78. The third-order valence-corrected chi connectivity index (χ3v) is 3.83. The standard InChI is InChI=1S/C15H25N3O2/c1-3-20-13-5-4-8-18(11-13)14(9-16)12-6-7-15(19-2)17-10-12/h6-7,10,13-14H,3-5,8-9,11,16H2,1-2H3. The molecule has 2 atom stereocenters. The topological polar surface area (TPSA) is 60.6 Å². The summed E-state index contributed by atoms with van der Waals surface area (Å²) in [5, 5.41) is 0. The molecule has 1 saturated heterocycles. The first-order valence-corrected chi connectivity index (χ1v) is 7.34. The fourth-order valence-corrected chi connectivity index (χ4v) is 2.83. The molecule has 112 valence electrons. The largest absolute Gasteiger partial charge is 0.481 e. The van der Waals surface area contributed by atoms with E-state index in [1.807, 2.05) is 25.3 Å². The number of nitrogens with zero attached hydrogens (tertiary/aromatic N) is 2. The second-order valence-electron chi connectivity index (χ2n) is 5.10. The van der Waals surface area contributed by atoms with Crippen LogP contribution in [0.5, 0.6) is 5.88 Å². The number of pyridine rings is 1. The Morgan fingerprint density at radius 2 is 2.35 bits per heavy atom. The van der Waals surface area contributed by atoms with E-state index in [9.17, 15) is 0 Å². The number of rotatable bonds is 6. The Hall–Kier alpha value is -1.17. The average Bonchev–Trinajstić information content (AvgIpc) is 2.49. The third kappa shape index (κ3) is 3.69. The van der Waals surface area contributed by atoms with Crippen molar-refractivity contribution in [3.05, 3.63) is 23.9 Å². The van der Waals surface area contributed by atoms with Gasteiger partial charge in [-0.3, -0.25) is 4.90 Å². The molecule has 5 heteroatoms. The van der Waals surface area contributed by atoms with Gasteiger partial charge < -0.3 is 15.2 Å². The van der Waals surface area contributed by atoms with Crippen molar-refractivity contribution in [2.75, 3.05) is 33.4 Å². The van der Waals surface area contributed by atoms with Crippen molar-refractivity contribution in [3.8, 4) is 5.88 Å². The van der Waals surface area contributed by atoms with Crippen molar-refractivity contribution in [2.24, 2.45) is 5.73 Å². The molecule has 2 heterocycles. The second kappa shape index (κ2) is 7.57. The number of hydrogen-bond donors (Lipinski definition) is 1. The Bertz CT molecular complexity index is 395. The van der Waals surface area contributed by atoms with Crippen LogP contribution < -0.4 is 10.5 Å². The fraction of sp³-hybridized carbons (Fsp3) is 0.667. The van der Waals surface area contributed by atoms with Crippen LogP contribution in [0.3, 0.4) is 0 Å². The maximum atomic E-state index is 5.98. The smallest absolute Gasteiger partial charge is 0.212 e. The lowest BCUT2D eigenvalue weighted by atomic mass is 10.0. The predicted molar refractivity (Wildman–Crippen MR) is 78.8 cm³/mol. The highest BCUT2D eigenvalue weighted by atomic mass is 16.5. The highest BCUT2D eigenvalue weighted by molar-refractivity contribution is 5.21. The molecule has 1 aliphatic rings. The zero-order valence-corrected chi connectivity index (χ0v) is 12.4. The normalized spacial score (nSPS) is 21.6. The average molecular weight is 279 g/mol. The fourth-order valence-electron chi connectivity index (χ4n) is 2.83. The molecule has 0 aliphatic carbocycles. The molecule has 1 fully saturated rings. The van der Waals surface area contributed by atoms with Crippen molar-refractivity contribution in [1.29, 1.82) is 0 Å². The number of methoxy groups -OCH3 is 1. The Balaban J connectivity index is 2.06. The Morgan fingerprint density at radius 1 is 1.50 bits per heavy atom. The van der Waals surface area contributed by atoms with Crippen LogP contribution in [0, 0.1) is 0 Å². The van der Waals surface area contributed by atoms with Crippen LogP contribution in [0.4, 0.5) is 0 Å². The molecule has 1 aliphatic heterocycles. The van der Waals surface area contributed by atoms with Gasteiger partial charge in [0.2, 0.25) is 5.88 Å². The monoisotopic (exact) mass is 279 g/mol. The highest BCUT2D eigenvalue weighted by Gasteiger charge is 2.26. The van der Waals surface area contributed by atoms with Crippen molar-refractivity contribution < 1.29 is 9.47 Å². The molecule has 0 radical (unpaired) electrons. The zero-order valence-electron chi connectivity index (χ0n) is 12.4. The molecule has 0 bridgehead atoms. The quantitative estimate of drug-likeness (QED) is 0.857. The molecule has 0 saturated carbocycles. The van der Waals surface area contributed by atoms with Gasteiger partial charge in [-0.05, 0) is 31.9 Å². The van der Waals surface area contributed by atoms with E-state index in [-0.39, 0.29) is 6.04 Å². The van der Waals surface area contributed by atoms with Gasteiger partial charge in [-0.1, -0.05) is 6.07 Å². The molecule has 1 aromatic rings. The molecular formula is C15H25N3O2. The molecule has 5 nitrogen and oxygen atoms in total. The lowest BCUT2D eigenvalue weighted by molar-refractivity contribution is -0.00664. The minimum Gasteiger partial charge on any atom is -0.481 e. The molecule has 0 aromatic carbocycles. The summed E-state index contributed by atoms with van der Waals surface area (Å²) in [5.74, 6) is 0.635. The molecule has 2 unspecified atom stereocenters. The van der Waals surface area contributed by atoms with E-state index in [1.54, 1.807) is 7.11 Å². The summed E-state index contributed by atoms with van der Waals surface area (Å²) in [6.07, 6.45) is 4.49. The lowest BCUT2D eigenvalue weighted by Gasteiger charge is -2.37. The van der Waals surface area contributed by atoms with Crippen LogP contribution in [-0.4, -0.2) is 49.3 Å². The van der Waals surface area contributed by atoms with Gasteiger partial charge in [0.25, 0.3) is 0 Å². The summed E-state index contributed by atoms with van der Waals surface area (Å²) >= 11 is 0. The van der Waals surface area contributed by atoms with Gasteiger partial charge in [-0.25, -0.2) is 4.98 Å². The Kier molecular flexibility index (Phi) is 5.76. The van der Waals surface area contributed by atoms with Gasteiger partial charge in [-0.15, -0.1) is 0 Å². The van der Waals surface area contributed by atoms with Gasteiger partial charge in [0.15, 0.2) is 0 Å². The zero-order chi connectivity index (χ0) is 14.4. The van der Waals surface area contributed by atoms with Gasteiger partial charge in [0.05, 0.1) is 13.2 Å². The summed E-state index contributed by atoms with van der Waals surface area (Å²) in [6.45, 7) is 5.43. The van der Waals surface area contributed by atoms with E-state index < -0.39 is 0 Å². The van der Waals surface area contributed by atoms with Crippen molar-refractivity contribution in [2.45, 2.75) is 31.9 Å². The van der Waals surface area contributed by atoms with E-state index in [4.69, 9.17) is 15.2 Å². The highest BCUT2D eigenvalue weighted by Crippen LogP contribution is 2.25. The molecule has 2 rings (SSSR count). The first kappa shape index (κ1) is 15.2. The molecule has 1 aromatic heterocycles. The summed E-state index contributed by atoms with van der Waals surface area (Å²) in [7, 11) is 1.62. The van der Waals surface area contributed by atoms with Crippen LogP contribution in [-0.2, 0) is 4.74 Å². The SMILES string of the molecule is CCOC1CCCN(C(CN)c2ccc(OC)nc2)C1. The summed E-state index contributed by atoms with van der Waals surface area (Å²) < 4.78 is 10.9. The van der Waals surface area contributed by atoms with E-state index in [1.165, 1.54) is 0 Å². The van der Waals surface area contributed by atoms with Crippen LogP contribution in [0.1, 0.15) is 31.4 Å². The minimum absolute atomic E-state index is 0.205. The number of nitrogens with two attached hydrogens (primary N) is 1. The van der Waals surface area contributed by atoms with Crippen molar-refractivity contribution in [3.63, 3.8) is 0 Å². The van der Waals surface area contributed by atoms with Gasteiger partial charge >= 0.3 is 0 Å². The van der Waals surface area contributed by atoms with E-state index in [2.05, 4.69) is 9.88 Å². The number of piperidine rings is 1. The predicted octanol–water partition coefficient (Wildman–Crippen LogP) is 1.59. The molecule has 0 spiro atoms. The summed E-state index contributed by atoms with van der Waals surface area (Å²) in [4.78, 5) is 6.69. The number of hydrogen-bond acceptors (Lipinski definition) is 5. The summed E-state index contributed by atoms with van der Waals surface area (Å²) in [6, 6.07) is 4.15. The second-order valence-corrected chi connectivity index (χ2v) is 5.10. The lowest BCUT2D eigenvalue weighted by Crippen LogP contribution is -2.44. The maximum Gasteiger partial charge on any atom is 0.212 e. The Labute approximate surface area is 121 Å². The molecule has 20 heavy (non-hydrogen) atoms. The van der Waals surface area contributed by atoms with Crippen LogP contribution >= 0.6 is 0 Å². The van der Waals surface area contributed by atoms with Crippen LogP contribution in [0.15, 0.2) is 18.3 Å². The van der Waals surface area contributed by atoms with E-state index in [0.29, 0.717) is 18.5 Å².